The zero-order chi connectivity index (χ0) is 13.9. The highest BCUT2D eigenvalue weighted by Gasteiger charge is 2.21. The van der Waals surface area contributed by atoms with Crippen LogP contribution >= 0.6 is 23.4 Å². The molecule has 1 heterocycles. The van der Waals surface area contributed by atoms with Gasteiger partial charge in [-0.25, -0.2) is 9.97 Å². The molecule has 1 N–H and O–H groups in total. The minimum Gasteiger partial charge on any atom is -0.310 e. The van der Waals surface area contributed by atoms with Crippen molar-refractivity contribution in [1.82, 2.24) is 15.3 Å². The zero-order valence-corrected chi connectivity index (χ0v) is 12.8. The zero-order valence-electron chi connectivity index (χ0n) is 11.3. The average molecular weight is 306 g/mol. The lowest BCUT2D eigenvalue weighted by atomic mass is 10.2. The maximum atomic E-state index is 6.35. The fourth-order valence-corrected chi connectivity index (χ4v) is 3.15. The number of rotatable bonds is 5. The van der Waals surface area contributed by atoms with Gasteiger partial charge in [-0.3, -0.25) is 0 Å². The van der Waals surface area contributed by atoms with E-state index in [1.807, 2.05) is 25.1 Å². The molecule has 0 unspecified atom stereocenters. The Bertz CT molecular complexity index is 614. The summed E-state index contributed by atoms with van der Waals surface area (Å²) < 4.78 is 0. The molecule has 5 heteroatoms. The van der Waals surface area contributed by atoms with Gasteiger partial charge in [0, 0.05) is 29.4 Å². The summed E-state index contributed by atoms with van der Waals surface area (Å²) in [4.78, 5) is 9.78. The van der Waals surface area contributed by atoms with E-state index < -0.39 is 0 Å². The van der Waals surface area contributed by atoms with Crippen LogP contribution in [0.5, 0.6) is 0 Å². The molecule has 1 aromatic heterocycles. The lowest BCUT2D eigenvalue weighted by Crippen LogP contribution is -2.15. The van der Waals surface area contributed by atoms with Gasteiger partial charge in [-0.2, -0.15) is 0 Å². The van der Waals surface area contributed by atoms with Gasteiger partial charge in [0.05, 0.1) is 5.02 Å². The first-order chi connectivity index (χ1) is 9.72. The van der Waals surface area contributed by atoms with Crippen molar-refractivity contribution in [2.45, 2.75) is 42.4 Å². The summed E-state index contributed by atoms with van der Waals surface area (Å²) in [6, 6.07) is 8.60. The summed E-state index contributed by atoms with van der Waals surface area (Å²) in [6.45, 7) is 2.81. The smallest absolute Gasteiger partial charge is 0.192 e. The molecule has 20 heavy (non-hydrogen) atoms. The van der Waals surface area contributed by atoms with Crippen molar-refractivity contribution < 1.29 is 0 Å². The Hall–Kier alpha value is -1.10. The van der Waals surface area contributed by atoms with Crippen LogP contribution < -0.4 is 5.32 Å². The predicted octanol–water partition coefficient (Wildman–Crippen LogP) is 3.84. The molecule has 0 aliphatic heterocycles. The Morgan fingerprint density at radius 2 is 2.20 bits per heavy atom. The standard InChI is InChI=1S/C15H16ClN3S/c1-10-7-8-17-15(19-10)20-14-11(3-2-4-13(14)16)9-18-12-5-6-12/h2-4,7-8,12,18H,5-6,9H2,1H3. The van der Waals surface area contributed by atoms with Crippen molar-refractivity contribution in [1.29, 1.82) is 0 Å². The van der Waals surface area contributed by atoms with E-state index >= 15 is 0 Å². The third-order valence-corrected chi connectivity index (χ3v) is 4.67. The Labute approximate surface area is 128 Å². The molecule has 1 saturated carbocycles. The van der Waals surface area contributed by atoms with Crippen molar-refractivity contribution in [3.63, 3.8) is 0 Å². The molecule has 0 radical (unpaired) electrons. The number of aromatic nitrogens is 2. The molecular weight excluding hydrogens is 290 g/mol. The average Bonchev–Trinajstić information content (AvgIpc) is 3.24. The minimum atomic E-state index is 0.682. The number of hydrogen-bond acceptors (Lipinski definition) is 4. The summed E-state index contributed by atoms with van der Waals surface area (Å²) in [5.41, 5.74) is 2.17. The molecule has 104 valence electrons. The van der Waals surface area contributed by atoms with Crippen LogP contribution in [-0.2, 0) is 6.54 Å². The second-order valence-corrected chi connectivity index (χ2v) is 6.35. The van der Waals surface area contributed by atoms with Gasteiger partial charge in [0.25, 0.3) is 0 Å². The van der Waals surface area contributed by atoms with Crippen LogP contribution in [-0.4, -0.2) is 16.0 Å². The summed E-state index contributed by atoms with van der Waals surface area (Å²) >= 11 is 7.88. The first-order valence-corrected chi connectivity index (χ1v) is 7.90. The van der Waals surface area contributed by atoms with E-state index in [0.717, 1.165) is 27.3 Å². The van der Waals surface area contributed by atoms with E-state index in [-0.39, 0.29) is 0 Å². The lowest BCUT2D eigenvalue weighted by molar-refractivity contribution is 0.680. The van der Waals surface area contributed by atoms with Gasteiger partial charge in [0.2, 0.25) is 0 Å². The quantitative estimate of drug-likeness (QED) is 0.852. The number of nitrogens with zero attached hydrogens (tertiary/aromatic N) is 2. The molecule has 0 amide bonds. The van der Waals surface area contributed by atoms with Crippen LogP contribution in [0.2, 0.25) is 5.02 Å². The molecule has 3 rings (SSSR count). The van der Waals surface area contributed by atoms with Crippen molar-refractivity contribution >= 4 is 23.4 Å². The molecule has 1 fully saturated rings. The summed E-state index contributed by atoms with van der Waals surface area (Å²) in [5, 5.41) is 5.03. The molecule has 0 atom stereocenters. The highest BCUT2D eigenvalue weighted by atomic mass is 35.5. The fraction of sp³-hybridized carbons (Fsp3) is 0.333. The second-order valence-electron chi connectivity index (χ2n) is 4.97. The molecule has 0 saturated heterocycles. The Morgan fingerprint density at radius 3 is 2.95 bits per heavy atom. The first-order valence-electron chi connectivity index (χ1n) is 6.70. The lowest BCUT2D eigenvalue weighted by Gasteiger charge is -2.11. The van der Waals surface area contributed by atoms with E-state index in [9.17, 15) is 0 Å². The number of nitrogens with one attached hydrogen (secondary N) is 1. The number of halogens is 1. The Kier molecular flexibility index (Phi) is 4.24. The highest BCUT2D eigenvalue weighted by molar-refractivity contribution is 7.99. The summed E-state index contributed by atoms with van der Waals surface area (Å²) in [5.74, 6) is 0. The van der Waals surface area contributed by atoms with Gasteiger partial charge in [-0.05, 0) is 49.2 Å². The van der Waals surface area contributed by atoms with Crippen molar-refractivity contribution in [2.24, 2.45) is 0 Å². The molecule has 2 aromatic rings. The van der Waals surface area contributed by atoms with Crippen LogP contribution in [0.15, 0.2) is 40.5 Å². The van der Waals surface area contributed by atoms with Crippen molar-refractivity contribution in [2.75, 3.05) is 0 Å². The monoisotopic (exact) mass is 305 g/mol. The third-order valence-electron chi connectivity index (χ3n) is 3.17. The summed E-state index contributed by atoms with van der Waals surface area (Å²) in [7, 11) is 0. The molecule has 1 aromatic carbocycles. The van der Waals surface area contributed by atoms with E-state index in [1.54, 1.807) is 6.20 Å². The van der Waals surface area contributed by atoms with Gasteiger partial charge >= 0.3 is 0 Å². The topological polar surface area (TPSA) is 37.8 Å². The van der Waals surface area contributed by atoms with Gasteiger partial charge in [-0.15, -0.1) is 0 Å². The second kappa shape index (κ2) is 6.12. The van der Waals surface area contributed by atoms with E-state index in [2.05, 4.69) is 21.4 Å². The molecule has 1 aliphatic carbocycles. The largest absolute Gasteiger partial charge is 0.310 e. The van der Waals surface area contributed by atoms with Crippen LogP contribution in [0.3, 0.4) is 0 Å². The van der Waals surface area contributed by atoms with Crippen LogP contribution in [0.25, 0.3) is 0 Å². The molecule has 0 spiro atoms. The van der Waals surface area contributed by atoms with Gasteiger partial charge in [0.15, 0.2) is 5.16 Å². The van der Waals surface area contributed by atoms with Gasteiger partial charge in [-0.1, -0.05) is 23.7 Å². The third kappa shape index (κ3) is 3.51. The van der Waals surface area contributed by atoms with E-state index in [0.29, 0.717) is 6.04 Å². The minimum absolute atomic E-state index is 0.682. The molecule has 1 aliphatic rings. The number of aryl methyl sites for hydroxylation is 1. The maximum absolute atomic E-state index is 6.35. The van der Waals surface area contributed by atoms with Crippen molar-refractivity contribution in [3.8, 4) is 0 Å². The predicted molar refractivity (Wildman–Crippen MR) is 82.2 cm³/mol. The van der Waals surface area contributed by atoms with E-state index in [4.69, 9.17) is 11.6 Å². The van der Waals surface area contributed by atoms with Crippen LogP contribution in [0, 0.1) is 6.92 Å². The Morgan fingerprint density at radius 1 is 1.35 bits per heavy atom. The highest BCUT2D eigenvalue weighted by Crippen LogP contribution is 2.34. The molecule has 0 bridgehead atoms. The first kappa shape index (κ1) is 13.9. The molecular formula is C15H16ClN3S. The number of benzene rings is 1. The van der Waals surface area contributed by atoms with Gasteiger partial charge in [0.1, 0.15) is 0 Å². The SMILES string of the molecule is Cc1ccnc(Sc2c(Cl)cccc2CNC2CC2)n1. The van der Waals surface area contributed by atoms with E-state index in [1.165, 1.54) is 30.2 Å². The van der Waals surface area contributed by atoms with Crippen LogP contribution in [0.4, 0.5) is 0 Å². The normalized spacial score (nSPS) is 14.5. The Balaban J connectivity index is 1.82. The maximum Gasteiger partial charge on any atom is 0.192 e. The molecule has 3 nitrogen and oxygen atoms in total. The van der Waals surface area contributed by atoms with Gasteiger partial charge < -0.3 is 5.32 Å². The summed E-state index contributed by atoms with van der Waals surface area (Å²) in [6.07, 6.45) is 4.34. The number of hydrogen-bond donors (Lipinski definition) is 1. The fourth-order valence-electron chi connectivity index (χ4n) is 1.92. The van der Waals surface area contributed by atoms with Crippen LogP contribution in [0.1, 0.15) is 24.1 Å². The van der Waals surface area contributed by atoms with Crippen molar-refractivity contribution in [3.05, 3.63) is 46.7 Å².